The van der Waals surface area contributed by atoms with E-state index in [-0.39, 0.29) is 12.0 Å². The minimum atomic E-state index is -3.50. The van der Waals surface area contributed by atoms with Gasteiger partial charge in [-0.15, -0.1) is 0 Å². The lowest BCUT2D eigenvalue weighted by atomic mass is 9.82. The molecule has 0 aliphatic carbocycles. The molecular formula is C16H24N2O3S. The SMILES string of the molecule is CC1(C)CN(S(=O)(=O)N2CC[C@@H](O)C2)CCc2ccccc21. The highest BCUT2D eigenvalue weighted by Crippen LogP contribution is 2.32. The molecule has 5 nitrogen and oxygen atoms in total. The molecule has 3 rings (SSSR count). The third-order valence-electron chi connectivity index (χ3n) is 4.73. The Morgan fingerprint density at radius 3 is 2.59 bits per heavy atom. The average molecular weight is 324 g/mol. The van der Waals surface area contributed by atoms with Crippen LogP contribution in [0.1, 0.15) is 31.4 Å². The van der Waals surface area contributed by atoms with E-state index in [2.05, 4.69) is 26.0 Å². The molecule has 2 aliphatic rings. The van der Waals surface area contributed by atoms with Crippen LogP contribution in [0.15, 0.2) is 24.3 Å². The Bertz CT molecular complexity index is 657. The molecule has 2 aliphatic heterocycles. The monoisotopic (exact) mass is 324 g/mol. The highest BCUT2D eigenvalue weighted by molar-refractivity contribution is 7.86. The van der Waals surface area contributed by atoms with Gasteiger partial charge in [0.05, 0.1) is 6.10 Å². The zero-order valence-electron chi connectivity index (χ0n) is 13.2. The van der Waals surface area contributed by atoms with Gasteiger partial charge in [-0.3, -0.25) is 0 Å². The molecule has 1 aromatic carbocycles. The molecule has 1 aromatic rings. The summed E-state index contributed by atoms with van der Waals surface area (Å²) in [5, 5.41) is 9.64. The number of rotatable bonds is 2. The van der Waals surface area contributed by atoms with Gasteiger partial charge < -0.3 is 5.11 Å². The number of nitrogens with zero attached hydrogens (tertiary/aromatic N) is 2. The molecule has 1 saturated heterocycles. The van der Waals surface area contributed by atoms with Crippen LogP contribution in [-0.4, -0.2) is 54.4 Å². The number of hydrogen-bond donors (Lipinski definition) is 1. The van der Waals surface area contributed by atoms with E-state index in [1.807, 2.05) is 12.1 Å². The van der Waals surface area contributed by atoms with Crippen molar-refractivity contribution in [2.24, 2.45) is 0 Å². The first-order valence-electron chi connectivity index (χ1n) is 7.82. The Morgan fingerprint density at radius 2 is 1.91 bits per heavy atom. The Morgan fingerprint density at radius 1 is 1.18 bits per heavy atom. The number of benzene rings is 1. The zero-order valence-corrected chi connectivity index (χ0v) is 14.0. The van der Waals surface area contributed by atoms with E-state index in [1.165, 1.54) is 15.4 Å². The average Bonchev–Trinajstić information content (AvgIpc) is 2.85. The maximum Gasteiger partial charge on any atom is 0.282 e. The van der Waals surface area contributed by atoms with Crippen LogP contribution in [0.2, 0.25) is 0 Å². The second-order valence-electron chi connectivity index (χ2n) is 6.93. The first kappa shape index (κ1) is 15.9. The van der Waals surface area contributed by atoms with Gasteiger partial charge in [-0.25, -0.2) is 0 Å². The molecule has 1 N–H and O–H groups in total. The summed E-state index contributed by atoms with van der Waals surface area (Å²) in [5.41, 5.74) is 2.24. The summed E-state index contributed by atoms with van der Waals surface area (Å²) in [7, 11) is -3.50. The predicted octanol–water partition coefficient (Wildman–Crippen LogP) is 1.13. The van der Waals surface area contributed by atoms with Crippen molar-refractivity contribution in [3.05, 3.63) is 35.4 Å². The first-order chi connectivity index (χ1) is 10.3. The van der Waals surface area contributed by atoms with Crippen LogP contribution < -0.4 is 0 Å². The molecule has 1 atom stereocenters. The Hall–Kier alpha value is -0.950. The molecule has 1 fully saturated rings. The lowest BCUT2D eigenvalue weighted by molar-refractivity contribution is 0.187. The van der Waals surface area contributed by atoms with Gasteiger partial charge in [0.1, 0.15) is 0 Å². The third-order valence-corrected chi connectivity index (χ3v) is 6.68. The van der Waals surface area contributed by atoms with Gasteiger partial charge in [-0.05, 0) is 24.0 Å². The topological polar surface area (TPSA) is 60.9 Å². The van der Waals surface area contributed by atoms with Crippen LogP contribution >= 0.6 is 0 Å². The van der Waals surface area contributed by atoms with Gasteiger partial charge in [0.25, 0.3) is 10.2 Å². The minimum Gasteiger partial charge on any atom is -0.392 e. The van der Waals surface area contributed by atoms with Gasteiger partial charge >= 0.3 is 0 Å². The highest BCUT2D eigenvalue weighted by atomic mass is 32.2. The normalized spacial score (nSPS) is 26.6. The summed E-state index contributed by atoms with van der Waals surface area (Å²) >= 11 is 0. The standard InChI is InChI=1S/C16H24N2O3S/c1-16(2)12-18(9-7-13-5-3-4-6-15(13)16)22(20,21)17-10-8-14(19)11-17/h3-6,14,19H,7-12H2,1-2H3/t14-/m1/s1. The number of aliphatic hydroxyl groups excluding tert-OH is 1. The van der Waals surface area contributed by atoms with Crippen LogP contribution in [0, 0.1) is 0 Å². The maximum absolute atomic E-state index is 12.9. The van der Waals surface area contributed by atoms with Crippen LogP contribution in [0.4, 0.5) is 0 Å². The molecular weight excluding hydrogens is 300 g/mol. The van der Waals surface area contributed by atoms with E-state index < -0.39 is 16.3 Å². The van der Waals surface area contributed by atoms with Crippen LogP contribution in [-0.2, 0) is 22.0 Å². The van der Waals surface area contributed by atoms with E-state index in [0.29, 0.717) is 26.1 Å². The maximum atomic E-state index is 12.9. The fourth-order valence-corrected chi connectivity index (χ4v) is 5.36. The molecule has 0 spiro atoms. The van der Waals surface area contributed by atoms with Gasteiger partial charge in [0, 0.05) is 31.6 Å². The lowest BCUT2D eigenvalue weighted by Crippen LogP contribution is -2.47. The summed E-state index contributed by atoms with van der Waals surface area (Å²) in [6, 6.07) is 8.22. The molecule has 22 heavy (non-hydrogen) atoms. The van der Waals surface area contributed by atoms with Crippen molar-refractivity contribution in [2.45, 2.75) is 38.2 Å². The van der Waals surface area contributed by atoms with Crippen LogP contribution in [0.25, 0.3) is 0 Å². The van der Waals surface area contributed by atoms with Gasteiger partial charge in [0.15, 0.2) is 0 Å². The number of hydrogen-bond acceptors (Lipinski definition) is 3. The van der Waals surface area contributed by atoms with E-state index in [4.69, 9.17) is 0 Å². The predicted molar refractivity (Wildman–Crippen MR) is 85.9 cm³/mol. The van der Waals surface area contributed by atoms with E-state index in [9.17, 15) is 13.5 Å². The molecule has 0 radical (unpaired) electrons. The van der Waals surface area contributed by atoms with Crippen molar-refractivity contribution < 1.29 is 13.5 Å². The summed E-state index contributed by atoms with van der Waals surface area (Å²) in [4.78, 5) is 0. The smallest absolute Gasteiger partial charge is 0.282 e. The van der Waals surface area contributed by atoms with Gasteiger partial charge in [0.2, 0.25) is 0 Å². The fourth-order valence-electron chi connectivity index (χ4n) is 3.53. The Balaban J connectivity index is 1.89. The van der Waals surface area contributed by atoms with Crippen molar-refractivity contribution in [1.29, 1.82) is 0 Å². The zero-order chi connectivity index (χ0) is 16.0. The fraction of sp³-hybridized carbons (Fsp3) is 0.625. The molecule has 0 bridgehead atoms. The van der Waals surface area contributed by atoms with Crippen molar-refractivity contribution in [3.8, 4) is 0 Å². The van der Waals surface area contributed by atoms with Crippen molar-refractivity contribution >= 4 is 10.2 Å². The Labute approximate surface area is 132 Å². The largest absolute Gasteiger partial charge is 0.392 e. The third kappa shape index (κ3) is 2.80. The van der Waals surface area contributed by atoms with E-state index in [1.54, 1.807) is 4.31 Å². The van der Waals surface area contributed by atoms with Crippen molar-refractivity contribution in [3.63, 3.8) is 0 Å². The molecule has 6 heteroatoms. The first-order valence-corrected chi connectivity index (χ1v) is 9.22. The minimum absolute atomic E-state index is 0.214. The molecule has 0 aromatic heterocycles. The van der Waals surface area contributed by atoms with Crippen molar-refractivity contribution in [1.82, 2.24) is 8.61 Å². The molecule has 122 valence electrons. The Kier molecular flexibility index (Phi) is 4.05. The van der Waals surface area contributed by atoms with Gasteiger partial charge in [-0.1, -0.05) is 38.1 Å². The summed E-state index contributed by atoms with van der Waals surface area (Å²) in [6.45, 7) is 5.78. The molecule has 0 amide bonds. The number of β-amino-alcohol motifs (C(OH)–C–C–N with tert-alkyl or cyclic N) is 1. The molecule has 0 saturated carbocycles. The number of fused-ring (bicyclic) bond motifs is 1. The summed E-state index contributed by atoms with van der Waals surface area (Å²) in [5.74, 6) is 0. The quantitative estimate of drug-likeness (QED) is 0.887. The van der Waals surface area contributed by atoms with Crippen LogP contribution in [0.5, 0.6) is 0 Å². The van der Waals surface area contributed by atoms with Gasteiger partial charge in [-0.2, -0.15) is 17.0 Å². The molecule has 2 heterocycles. The van der Waals surface area contributed by atoms with E-state index >= 15 is 0 Å². The summed E-state index contributed by atoms with van der Waals surface area (Å²) < 4.78 is 28.7. The van der Waals surface area contributed by atoms with Crippen LogP contribution in [0.3, 0.4) is 0 Å². The number of aliphatic hydroxyl groups is 1. The second-order valence-corrected chi connectivity index (χ2v) is 8.86. The molecule has 0 unspecified atom stereocenters. The highest BCUT2D eigenvalue weighted by Gasteiger charge is 2.39. The summed E-state index contributed by atoms with van der Waals surface area (Å²) in [6.07, 6.45) is 0.721. The lowest BCUT2D eigenvalue weighted by Gasteiger charge is -2.32. The van der Waals surface area contributed by atoms with E-state index in [0.717, 1.165) is 6.42 Å². The van der Waals surface area contributed by atoms with Crippen molar-refractivity contribution in [2.75, 3.05) is 26.2 Å². The second kappa shape index (κ2) is 5.60.